The normalized spacial score (nSPS) is 9.94. The summed E-state index contributed by atoms with van der Waals surface area (Å²) in [7, 11) is 0. The largest absolute Gasteiger partial charge is 0.507 e. The number of rotatable bonds is 2. The fourth-order valence-corrected chi connectivity index (χ4v) is 1.66. The van der Waals surface area contributed by atoms with Gasteiger partial charge in [0, 0.05) is 3.57 Å². The highest BCUT2D eigenvalue weighted by Gasteiger charge is 2.12. The summed E-state index contributed by atoms with van der Waals surface area (Å²) < 4.78 is 0.845. The van der Waals surface area contributed by atoms with Crippen LogP contribution in [0.1, 0.15) is 10.4 Å². The molecular formula is C10H7IN4O2. The zero-order valence-corrected chi connectivity index (χ0v) is 10.6. The monoisotopic (exact) mass is 342 g/mol. The van der Waals surface area contributed by atoms with Gasteiger partial charge < -0.3 is 5.11 Å². The van der Waals surface area contributed by atoms with Crippen molar-refractivity contribution in [2.45, 2.75) is 0 Å². The second-order valence-corrected chi connectivity index (χ2v) is 4.33. The fourth-order valence-electron chi connectivity index (χ4n) is 1.16. The molecule has 0 radical (unpaired) electrons. The van der Waals surface area contributed by atoms with Gasteiger partial charge in [-0.25, -0.2) is 4.98 Å². The SMILES string of the molecule is O=C(Nc1nccnn1)c1cc(I)ccc1O. The lowest BCUT2D eigenvalue weighted by Crippen LogP contribution is -2.14. The maximum absolute atomic E-state index is 11.8. The van der Waals surface area contributed by atoms with Crippen LogP contribution >= 0.6 is 22.6 Å². The zero-order valence-electron chi connectivity index (χ0n) is 8.46. The van der Waals surface area contributed by atoms with Crippen LogP contribution in [0.25, 0.3) is 0 Å². The van der Waals surface area contributed by atoms with Gasteiger partial charge in [-0.2, -0.15) is 5.10 Å². The van der Waals surface area contributed by atoms with E-state index in [-0.39, 0.29) is 17.3 Å². The number of nitrogens with one attached hydrogen (secondary N) is 1. The lowest BCUT2D eigenvalue weighted by atomic mass is 10.2. The van der Waals surface area contributed by atoms with Gasteiger partial charge in [-0.05, 0) is 40.8 Å². The van der Waals surface area contributed by atoms with Crippen molar-refractivity contribution >= 4 is 34.4 Å². The molecule has 0 bridgehead atoms. The van der Waals surface area contributed by atoms with E-state index >= 15 is 0 Å². The molecule has 0 saturated heterocycles. The lowest BCUT2D eigenvalue weighted by Gasteiger charge is -2.05. The molecule has 0 fully saturated rings. The Morgan fingerprint density at radius 1 is 1.35 bits per heavy atom. The molecule has 86 valence electrons. The molecule has 0 aliphatic carbocycles. The van der Waals surface area contributed by atoms with Crippen molar-refractivity contribution in [3.63, 3.8) is 0 Å². The Bertz CT molecular complexity index is 547. The fraction of sp³-hybridized carbons (Fsp3) is 0. The van der Waals surface area contributed by atoms with Gasteiger partial charge in [0.2, 0.25) is 5.95 Å². The number of amides is 1. The molecule has 0 aliphatic rings. The average molecular weight is 342 g/mol. The first-order valence-electron chi connectivity index (χ1n) is 4.60. The van der Waals surface area contributed by atoms with Crippen LogP contribution in [0.3, 0.4) is 0 Å². The van der Waals surface area contributed by atoms with Gasteiger partial charge in [0.15, 0.2) is 0 Å². The molecule has 1 aromatic heterocycles. The van der Waals surface area contributed by atoms with Crippen LogP contribution in [0, 0.1) is 3.57 Å². The van der Waals surface area contributed by atoms with Gasteiger partial charge in [-0.3, -0.25) is 10.1 Å². The van der Waals surface area contributed by atoms with E-state index in [1.807, 2.05) is 0 Å². The van der Waals surface area contributed by atoms with Gasteiger partial charge in [0.25, 0.3) is 5.91 Å². The number of benzene rings is 1. The summed E-state index contributed by atoms with van der Waals surface area (Å²) in [6, 6.07) is 4.73. The highest BCUT2D eigenvalue weighted by Crippen LogP contribution is 2.20. The summed E-state index contributed by atoms with van der Waals surface area (Å²) in [5.74, 6) is -0.475. The Hall–Kier alpha value is -1.77. The first-order chi connectivity index (χ1) is 8.16. The molecule has 2 aromatic rings. The molecule has 0 unspecified atom stereocenters. The second kappa shape index (κ2) is 5.04. The third-order valence-corrected chi connectivity index (χ3v) is 2.58. The Morgan fingerprint density at radius 3 is 2.88 bits per heavy atom. The van der Waals surface area contributed by atoms with Crippen molar-refractivity contribution in [1.82, 2.24) is 15.2 Å². The van der Waals surface area contributed by atoms with Crippen LogP contribution in [0.5, 0.6) is 5.75 Å². The number of phenolic OH excluding ortho intramolecular Hbond substituents is 1. The minimum Gasteiger partial charge on any atom is -0.507 e. The van der Waals surface area contributed by atoms with Crippen molar-refractivity contribution in [2.24, 2.45) is 0 Å². The van der Waals surface area contributed by atoms with E-state index in [1.165, 1.54) is 18.5 Å². The molecule has 17 heavy (non-hydrogen) atoms. The second-order valence-electron chi connectivity index (χ2n) is 3.08. The molecular weight excluding hydrogens is 335 g/mol. The summed E-state index contributed by atoms with van der Waals surface area (Å²) in [4.78, 5) is 15.6. The molecule has 7 heteroatoms. The number of carbonyl (C=O) groups is 1. The smallest absolute Gasteiger partial charge is 0.261 e. The lowest BCUT2D eigenvalue weighted by molar-refractivity contribution is 0.102. The predicted molar refractivity (Wildman–Crippen MR) is 68.6 cm³/mol. The number of halogens is 1. The minimum atomic E-state index is -0.478. The van der Waals surface area contributed by atoms with Crippen molar-refractivity contribution in [3.8, 4) is 5.75 Å². The molecule has 0 saturated carbocycles. The van der Waals surface area contributed by atoms with E-state index in [1.54, 1.807) is 12.1 Å². The van der Waals surface area contributed by atoms with E-state index in [0.29, 0.717) is 0 Å². The van der Waals surface area contributed by atoms with Crippen molar-refractivity contribution in [1.29, 1.82) is 0 Å². The maximum Gasteiger partial charge on any atom is 0.261 e. The van der Waals surface area contributed by atoms with Crippen LogP contribution in [-0.2, 0) is 0 Å². The van der Waals surface area contributed by atoms with E-state index in [0.717, 1.165) is 3.57 Å². The molecule has 0 spiro atoms. The summed E-state index contributed by atoms with van der Waals surface area (Å²) >= 11 is 2.05. The summed E-state index contributed by atoms with van der Waals surface area (Å²) in [5.41, 5.74) is 0.171. The number of anilines is 1. The predicted octanol–water partition coefficient (Wildman–Crippen LogP) is 1.43. The van der Waals surface area contributed by atoms with Crippen molar-refractivity contribution in [3.05, 3.63) is 39.7 Å². The molecule has 1 heterocycles. The molecule has 2 rings (SSSR count). The number of aromatic hydroxyl groups is 1. The van der Waals surface area contributed by atoms with Crippen LogP contribution < -0.4 is 5.32 Å². The number of hydrogen-bond donors (Lipinski definition) is 2. The summed E-state index contributed by atoms with van der Waals surface area (Å²) in [5, 5.41) is 19.2. The Kier molecular flexibility index (Phi) is 3.47. The highest BCUT2D eigenvalue weighted by molar-refractivity contribution is 14.1. The summed E-state index contributed by atoms with van der Waals surface area (Å²) in [6.45, 7) is 0. The van der Waals surface area contributed by atoms with Gasteiger partial charge in [-0.15, -0.1) is 5.10 Å². The van der Waals surface area contributed by atoms with Crippen LogP contribution in [-0.4, -0.2) is 26.2 Å². The molecule has 1 amide bonds. The van der Waals surface area contributed by atoms with Crippen molar-refractivity contribution < 1.29 is 9.90 Å². The molecule has 2 N–H and O–H groups in total. The van der Waals surface area contributed by atoms with Crippen LogP contribution in [0.15, 0.2) is 30.6 Å². The third kappa shape index (κ3) is 2.87. The third-order valence-electron chi connectivity index (χ3n) is 1.91. The van der Waals surface area contributed by atoms with E-state index < -0.39 is 5.91 Å². The Labute approximate surface area is 110 Å². The first kappa shape index (κ1) is 11.7. The van der Waals surface area contributed by atoms with Gasteiger partial charge in [0.1, 0.15) is 5.75 Å². The maximum atomic E-state index is 11.8. The standard InChI is InChI=1S/C10H7IN4O2/c11-6-1-2-8(16)7(5-6)9(17)14-10-12-3-4-13-15-10/h1-5,16H,(H,12,14,15,17). The number of hydrogen-bond acceptors (Lipinski definition) is 5. The summed E-state index contributed by atoms with van der Waals surface area (Å²) in [6.07, 6.45) is 2.82. The van der Waals surface area contributed by atoms with Crippen molar-refractivity contribution in [2.75, 3.05) is 5.32 Å². The number of phenols is 1. The molecule has 1 aromatic carbocycles. The topological polar surface area (TPSA) is 88.0 Å². The molecule has 6 nitrogen and oxygen atoms in total. The average Bonchev–Trinajstić information content (AvgIpc) is 2.33. The number of nitrogens with zero attached hydrogens (tertiary/aromatic N) is 3. The van der Waals surface area contributed by atoms with E-state index in [4.69, 9.17) is 0 Å². The van der Waals surface area contributed by atoms with Gasteiger partial charge >= 0.3 is 0 Å². The number of aromatic nitrogens is 3. The van der Waals surface area contributed by atoms with Crippen LogP contribution in [0.2, 0.25) is 0 Å². The van der Waals surface area contributed by atoms with Gasteiger partial charge in [0.05, 0.1) is 18.0 Å². The highest BCUT2D eigenvalue weighted by atomic mass is 127. The molecule has 0 atom stereocenters. The Morgan fingerprint density at radius 2 is 2.18 bits per heavy atom. The van der Waals surface area contributed by atoms with E-state index in [9.17, 15) is 9.90 Å². The molecule has 0 aliphatic heterocycles. The number of carbonyl (C=O) groups excluding carboxylic acids is 1. The zero-order chi connectivity index (χ0) is 12.3. The van der Waals surface area contributed by atoms with E-state index in [2.05, 4.69) is 43.1 Å². The minimum absolute atomic E-state index is 0.0909. The Balaban J connectivity index is 2.23. The first-order valence-corrected chi connectivity index (χ1v) is 5.68. The van der Waals surface area contributed by atoms with Crippen LogP contribution in [0.4, 0.5) is 5.95 Å². The van der Waals surface area contributed by atoms with Gasteiger partial charge in [-0.1, -0.05) is 0 Å². The quantitative estimate of drug-likeness (QED) is 0.807.